The van der Waals surface area contributed by atoms with Crippen LogP contribution in [-0.2, 0) is 9.53 Å². The molecule has 0 aliphatic heterocycles. The SMILES string of the molecule is CCC[C@H](C)NC(=O)COC(=O)c1cc(C(C)=O)c[nH]1. The summed E-state index contributed by atoms with van der Waals surface area (Å²) in [5.74, 6) is -1.14. The molecule has 1 heterocycles. The number of ether oxygens (including phenoxy) is 1. The van der Waals surface area contributed by atoms with Gasteiger partial charge in [-0.25, -0.2) is 4.79 Å². The summed E-state index contributed by atoms with van der Waals surface area (Å²) in [5.41, 5.74) is 0.558. The Morgan fingerprint density at radius 2 is 2.10 bits per heavy atom. The number of esters is 1. The molecule has 1 amide bonds. The molecule has 0 saturated carbocycles. The largest absolute Gasteiger partial charge is 0.451 e. The molecule has 0 fully saturated rings. The lowest BCUT2D eigenvalue weighted by Crippen LogP contribution is -2.35. The van der Waals surface area contributed by atoms with Crippen molar-refractivity contribution in [1.82, 2.24) is 10.3 Å². The van der Waals surface area contributed by atoms with Crippen molar-refractivity contribution in [3.63, 3.8) is 0 Å². The first-order chi connectivity index (χ1) is 9.43. The lowest BCUT2D eigenvalue weighted by molar-refractivity contribution is -0.124. The highest BCUT2D eigenvalue weighted by atomic mass is 16.5. The minimum atomic E-state index is -0.657. The molecule has 6 nitrogen and oxygen atoms in total. The predicted octanol–water partition coefficient (Wildman–Crippen LogP) is 1.68. The molecule has 1 aromatic heterocycles. The Labute approximate surface area is 117 Å². The van der Waals surface area contributed by atoms with Crippen molar-refractivity contribution >= 4 is 17.7 Å². The number of hydrogen-bond acceptors (Lipinski definition) is 4. The second-order valence-corrected chi connectivity index (χ2v) is 4.69. The highest BCUT2D eigenvalue weighted by molar-refractivity contribution is 5.97. The Bertz CT molecular complexity index is 493. The number of hydrogen-bond donors (Lipinski definition) is 2. The second-order valence-electron chi connectivity index (χ2n) is 4.69. The lowest BCUT2D eigenvalue weighted by atomic mass is 10.2. The third kappa shape index (κ3) is 4.87. The van der Waals surface area contributed by atoms with Crippen molar-refractivity contribution in [3.05, 3.63) is 23.5 Å². The topological polar surface area (TPSA) is 88.3 Å². The van der Waals surface area contributed by atoms with Gasteiger partial charge in [-0.05, 0) is 26.3 Å². The zero-order chi connectivity index (χ0) is 15.1. The molecule has 0 aromatic carbocycles. The standard InChI is InChI=1S/C14H20N2O4/c1-4-5-9(2)16-13(18)8-20-14(19)12-6-11(7-15-12)10(3)17/h6-7,9,15H,4-5,8H2,1-3H3,(H,16,18)/t9-/m0/s1. The third-order valence-electron chi connectivity index (χ3n) is 2.77. The minimum absolute atomic E-state index is 0.0565. The van der Waals surface area contributed by atoms with Crippen molar-refractivity contribution in [2.45, 2.75) is 39.7 Å². The first-order valence-electron chi connectivity index (χ1n) is 6.59. The summed E-state index contributed by atoms with van der Waals surface area (Å²) in [5, 5.41) is 2.73. The van der Waals surface area contributed by atoms with Gasteiger partial charge in [0.15, 0.2) is 12.4 Å². The highest BCUT2D eigenvalue weighted by Crippen LogP contribution is 2.05. The molecule has 20 heavy (non-hydrogen) atoms. The van der Waals surface area contributed by atoms with Crippen LogP contribution in [0.5, 0.6) is 0 Å². The van der Waals surface area contributed by atoms with E-state index in [1.54, 1.807) is 0 Å². The van der Waals surface area contributed by atoms with E-state index in [1.807, 2.05) is 13.8 Å². The summed E-state index contributed by atoms with van der Waals surface area (Å²) in [6.45, 7) is 5.00. The summed E-state index contributed by atoms with van der Waals surface area (Å²) in [6.07, 6.45) is 3.28. The molecule has 0 bridgehead atoms. The Balaban J connectivity index is 2.42. The van der Waals surface area contributed by atoms with Crippen LogP contribution < -0.4 is 5.32 Å². The number of ketones is 1. The van der Waals surface area contributed by atoms with Gasteiger partial charge in [0.05, 0.1) is 0 Å². The molecule has 110 valence electrons. The average molecular weight is 280 g/mol. The van der Waals surface area contributed by atoms with E-state index in [1.165, 1.54) is 19.2 Å². The van der Waals surface area contributed by atoms with Crippen LogP contribution >= 0.6 is 0 Å². The van der Waals surface area contributed by atoms with Gasteiger partial charge in [-0.2, -0.15) is 0 Å². The fraction of sp³-hybridized carbons (Fsp3) is 0.500. The maximum atomic E-state index is 11.7. The third-order valence-corrected chi connectivity index (χ3v) is 2.77. The Hall–Kier alpha value is -2.11. The Kier molecular flexibility index (Phi) is 5.96. The van der Waals surface area contributed by atoms with Gasteiger partial charge in [0.25, 0.3) is 5.91 Å². The minimum Gasteiger partial charge on any atom is -0.451 e. The smallest absolute Gasteiger partial charge is 0.355 e. The number of amides is 1. The molecule has 6 heteroatoms. The summed E-state index contributed by atoms with van der Waals surface area (Å²) >= 11 is 0. The average Bonchev–Trinajstić information content (AvgIpc) is 2.86. The number of nitrogens with one attached hydrogen (secondary N) is 2. The molecule has 2 N–H and O–H groups in total. The molecule has 1 atom stereocenters. The van der Waals surface area contributed by atoms with Crippen molar-refractivity contribution in [2.75, 3.05) is 6.61 Å². The van der Waals surface area contributed by atoms with Gasteiger partial charge < -0.3 is 15.0 Å². The van der Waals surface area contributed by atoms with E-state index in [0.717, 1.165) is 12.8 Å². The fourth-order valence-electron chi connectivity index (χ4n) is 1.75. The van der Waals surface area contributed by atoms with Crippen LogP contribution in [0.25, 0.3) is 0 Å². The molecule has 0 radical (unpaired) electrons. The van der Waals surface area contributed by atoms with Gasteiger partial charge in [-0.1, -0.05) is 13.3 Å². The van der Waals surface area contributed by atoms with E-state index < -0.39 is 5.97 Å². The second kappa shape index (κ2) is 7.47. The molecule has 0 spiro atoms. The van der Waals surface area contributed by atoms with Gasteiger partial charge in [0, 0.05) is 17.8 Å². The van der Waals surface area contributed by atoms with Gasteiger partial charge >= 0.3 is 5.97 Å². The fourth-order valence-corrected chi connectivity index (χ4v) is 1.75. The molecule has 1 aromatic rings. The summed E-state index contributed by atoms with van der Waals surface area (Å²) < 4.78 is 4.87. The van der Waals surface area contributed by atoms with Crippen LogP contribution in [0.3, 0.4) is 0 Å². The monoisotopic (exact) mass is 280 g/mol. The Morgan fingerprint density at radius 3 is 2.65 bits per heavy atom. The summed E-state index contributed by atoms with van der Waals surface area (Å²) in [6, 6.07) is 1.46. The van der Waals surface area contributed by atoms with Gasteiger partial charge in [0.1, 0.15) is 5.69 Å². The zero-order valence-corrected chi connectivity index (χ0v) is 12.0. The van der Waals surface area contributed by atoms with Gasteiger partial charge in [-0.3, -0.25) is 9.59 Å². The molecule has 0 unspecified atom stereocenters. The molecule has 0 saturated heterocycles. The maximum absolute atomic E-state index is 11.7. The van der Waals surface area contributed by atoms with Crippen LogP contribution in [0.4, 0.5) is 0 Å². The van der Waals surface area contributed by atoms with Crippen LogP contribution in [0, 0.1) is 0 Å². The Morgan fingerprint density at radius 1 is 1.40 bits per heavy atom. The van der Waals surface area contributed by atoms with E-state index in [4.69, 9.17) is 4.74 Å². The number of carbonyl (C=O) groups excluding carboxylic acids is 3. The van der Waals surface area contributed by atoms with Crippen LogP contribution in [0.15, 0.2) is 12.3 Å². The normalized spacial score (nSPS) is 11.8. The number of rotatable bonds is 7. The highest BCUT2D eigenvalue weighted by Gasteiger charge is 2.14. The van der Waals surface area contributed by atoms with E-state index in [9.17, 15) is 14.4 Å². The van der Waals surface area contributed by atoms with Gasteiger partial charge in [0.2, 0.25) is 0 Å². The van der Waals surface area contributed by atoms with Crippen molar-refractivity contribution in [1.29, 1.82) is 0 Å². The van der Waals surface area contributed by atoms with Crippen LogP contribution in [-0.4, -0.2) is 35.3 Å². The first kappa shape index (κ1) is 15.9. The lowest BCUT2D eigenvalue weighted by Gasteiger charge is -2.12. The maximum Gasteiger partial charge on any atom is 0.355 e. The van der Waals surface area contributed by atoms with Crippen LogP contribution in [0.1, 0.15) is 54.5 Å². The molecule has 0 aliphatic rings. The van der Waals surface area contributed by atoms with E-state index in [0.29, 0.717) is 5.56 Å². The van der Waals surface area contributed by atoms with Crippen molar-refractivity contribution < 1.29 is 19.1 Å². The van der Waals surface area contributed by atoms with Crippen molar-refractivity contribution in [3.8, 4) is 0 Å². The van der Waals surface area contributed by atoms with Crippen molar-refractivity contribution in [2.24, 2.45) is 0 Å². The number of carbonyl (C=O) groups is 3. The summed E-state index contributed by atoms with van der Waals surface area (Å²) in [4.78, 5) is 36.9. The number of aromatic amines is 1. The first-order valence-corrected chi connectivity index (χ1v) is 6.59. The van der Waals surface area contributed by atoms with E-state index in [-0.39, 0.29) is 30.0 Å². The molecular formula is C14H20N2O4. The molecule has 1 rings (SSSR count). The van der Waals surface area contributed by atoms with Gasteiger partial charge in [-0.15, -0.1) is 0 Å². The van der Waals surface area contributed by atoms with Crippen LogP contribution in [0.2, 0.25) is 0 Å². The van der Waals surface area contributed by atoms with E-state index in [2.05, 4.69) is 10.3 Å². The molecule has 0 aliphatic carbocycles. The number of H-pyrrole nitrogens is 1. The number of aromatic nitrogens is 1. The number of Topliss-reactive ketones (excluding diaryl/α,β-unsaturated/α-hetero) is 1. The predicted molar refractivity (Wildman–Crippen MR) is 73.6 cm³/mol. The zero-order valence-electron chi connectivity index (χ0n) is 12.0. The quantitative estimate of drug-likeness (QED) is 0.587. The summed E-state index contributed by atoms with van der Waals surface area (Å²) in [7, 11) is 0. The van der Waals surface area contributed by atoms with E-state index >= 15 is 0 Å². The molecular weight excluding hydrogens is 260 g/mol.